The van der Waals surface area contributed by atoms with Crippen LogP contribution in [0, 0.1) is 11.3 Å². The summed E-state index contributed by atoms with van der Waals surface area (Å²) in [6.07, 6.45) is 0. The number of nitriles is 1. The maximum atomic E-state index is 8.79. The standard InChI is InChI=1S/C9H10ClN3/c1-13(2)12-9-4-3-8(10)5-7(9)6-11/h3-5,12H,1-2H3. The fourth-order valence-electron chi connectivity index (χ4n) is 0.947. The van der Waals surface area contributed by atoms with E-state index in [0.29, 0.717) is 10.6 Å². The number of nitrogens with one attached hydrogen (secondary N) is 1. The maximum absolute atomic E-state index is 8.79. The highest BCUT2D eigenvalue weighted by atomic mass is 35.5. The number of hydrazine groups is 1. The van der Waals surface area contributed by atoms with Gasteiger partial charge in [-0.3, -0.25) is 0 Å². The van der Waals surface area contributed by atoms with Gasteiger partial charge < -0.3 is 5.43 Å². The van der Waals surface area contributed by atoms with E-state index in [4.69, 9.17) is 16.9 Å². The van der Waals surface area contributed by atoms with Crippen molar-refractivity contribution in [3.8, 4) is 6.07 Å². The minimum absolute atomic E-state index is 0.543. The highest BCUT2D eigenvalue weighted by Crippen LogP contribution is 2.19. The van der Waals surface area contributed by atoms with Crippen molar-refractivity contribution in [2.45, 2.75) is 0 Å². The number of anilines is 1. The van der Waals surface area contributed by atoms with E-state index in [9.17, 15) is 0 Å². The minimum atomic E-state index is 0.543. The third-order valence-electron chi connectivity index (χ3n) is 1.45. The zero-order chi connectivity index (χ0) is 9.84. The summed E-state index contributed by atoms with van der Waals surface area (Å²) < 4.78 is 0. The first-order valence-electron chi connectivity index (χ1n) is 3.77. The first kappa shape index (κ1) is 9.85. The number of nitrogens with zero attached hydrogens (tertiary/aromatic N) is 2. The van der Waals surface area contributed by atoms with Crippen molar-refractivity contribution < 1.29 is 0 Å². The molecule has 0 spiro atoms. The third kappa shape index (κ3) is 2.62. The molecule has 0 aromatic heterocycles. The van der Waals surface area contributed by atoms with Gasteiger partial charge in [-0.1, -0.05) is 11.6 Å². The Bertz CT molecular complexity index is 341. The lowest BCUT2D eigenvalue weighted by atomic mass is 10.2. The molecule has 4 heteroatoms. The van der Waals surface area contributed by atoms with Crippen LogP contribution in [0.3, 0.4) is 0 Å². The molecule has 0 heterocycles. The normalized spacial score (nSPS) is 9.77. The second kappa shape index (κ2) is 4.13. The van der Waals surface area contributed by atoms with E-state index >= 15 is 0 Å². The van der Waals surface area contributed by atoms with Crippen LogP contribution in [0.15, 0.2) is 18.2 Å². The van der Waals surface area contributed by atoms with Crippen molar-refractivity contribution in [2.24, 2.45) is 0 Å². The molecule has 1 N–H and O–H groups in total. The van der Waals surface area contributed by atoms with Gasteiger partial charge in [0.05, 0.1) is 11.3 Å². The van der Waals surface area contributed by atoms with Gasteiger partial charge in [0.2, 0.25) is 0 Å². The Morgan fingerprint density at radius 1 is 1.46 bits per heavy atom. The van der Waals surface area contributed by atoms with Crippen LogP contribution in [0.25, 0.3) is 0 Å². The van der Waals surface area contributed by atoms with Gasteiger partial charge in [0.25, 0.3) is 0 Å². The molecule has 0 atom stereocenters. The molecule has 0 unspecified atom stereocenters. The van der Waals surface area contributed by atoms with Crippen LogP contribution in [0.4, 0.5) is 5.69 Å². The van der Waals surface area contributed by atoms with E-state index < -0.39 is 0 Å². The highest BCUT2D eigenvalue weighted by Gasteiger charge is 2.02. The van der Waals surface area contributed by atoms with E-state index in [1.165, 1.54) is 0 Å². The van der Waals surface area contributed by atoms with Crippen molar-refractivity contribution in [3.63, 3.8) is 0 Å². The molecule has 0 bridgehead atoms. The van der Waals surface area contributed by atoms with E-state index in [1.54, 1.807) is 23.2 Å². The predicted molar refractivity (Wildman–Crippen MR) is 53.5 cm³/mol. The molecule has 0 radical (unpaired) electrons. The van der Waals surface area contributed by atoms with Crippen LogP contribution >= 0.6 is 11.6 Å². The molecular weight excluding hydrogens is 186 g/mol. The summed E-state index contributed by atoms with van der Waals surface area (Å²) in [7, 11) is 3.71. The summed E-state index contributed by atoms with van der Waals surface area (Å²) in [6, 6.07) is 7.22. The van der Waals surface area contributed by atoms with E-state index in [-0.39, 0.29) is 0 Å². The monoisotopic (exact) mass is 195 g/mol. The van der Waals surface area contributed by atoms with Gasteiger partial charge in [0.1, 0.15) is 6.07 Å². The molecule has 13 heavy (non-hydrogen) atoms. The summed E-state index contributed by atoms with van der Waals surface area (Å²) in [5.74, 6) is 0. The fourth-order valence-corrected chi connectivity index (χ4v) is 1.12. The van der Waals surface area contributed by atoms with E-state index in [2.05, 4.69) is 11.5 Å². The molecule has 0 aliphatic carbocycles. The molecule has 1 aromatic rings. The van der Waals surface area contributed by atoms with Crippen molar-refractivity contribution in [1.82, 2.24) is 5.01 Å². The Morgan fingerprint density at radius 2 is 2.15 bits per heavy atom. The molecule has 0 aliphatic rings. The average molecular weight is 196 g/mol. The second-order valence-electron chi connectivity index (χ2n) is 2.81. The lowest BCUT2D eigenvalue weighted by molar-refractivity contribution is 0.495. The van der Waals surface area contributed by atoms with Gasteiger partial charge in [-0.25, -0.2) is 5.01 Å². The molecule has 0 amide bonds. The Kier molecular flexibility index (Phi) is 3.13. The molecule has 1 rings (SSSR count). The van der Waals surface area contributed by atoms with Gasteiger partial charge in [0, 0.05) is 19.1 Å². The van der Waals surface area contributed by atoms with Crippen LogP contribution in [-0.2, 0) is 0 Å². The largest absolute Gasteiger partial charge is 0.318 e. The van der Waals surface area contributed by atoms with Gasteiger partial charge in [-0.05, 0) is 18.2 Å². The summed E-state index contributed by atoms with van der Waals surface area (Å²) in [5, 5.41) is 11.1. The summed E-state index contributed by atoms with van der Waals surface area (Å²) in [5.41, 5.74) is 4.31. The number of benzene rings is 1. The van der Waals surface area contributed by atoms with E-state index in [1.807, 2.05) is 14.1 Å². The minimum Gasteiger partial charge on any atom is -0.318 e. The SMILES string of the molecule is CN(C)Nc1ccc(Cl)cc1C#N. The predicted octanol–water partition coefficient (Wildman–Crippen LogP) is 2.10. The van der Waals surface area contributed by atoms with Gasteiger partial charge in [-0.15, -0.1) is 0 Å². The van der Waals surface area contributed by atoms with Crippen molar-refractivity contribution >= 4 is 17.3 Å². The zero-order valence-electron chi connectivity index (χ0n) is 7.50. The Labute approximate surface area is 82.5 Å². The van der Waals surface area contributed by atoms with Gasteiger partial charge in [0.15, 0.2) is 0 Å². The second-order valence-corrected chi connectivity index (χ2v) is 3.24. The maximum Gasteiger partial charge on any atom is 0.101 e. The fraction of sp³-hybridized carbons (Fsp3) is 0.222. The average Bonchev–Trinajstić information content (AvgIpc) is 2.07. The lowest BCUT2D eigenvalue weighted by Gasteiger charge is -2.14. The molecular formula is C9H10ClN3. The van der Waals surface area contributed by atoms with Crippen LogP contribution in [0.5, 0.6) is 0 Å². The quantitative estimate of drug-likeness (QED) is 0.735. The Hall–Kier alpha value is -1.24. The summed E-state index contributed by atoms with van der Waals surface area (Å²) in [6.45, 7) is 0. The number of rotatable bonds is 2. The Balaban J connectivity index is 3.01. The molecule has 1 aromatic carbocycles. The van der Waals surface area contributed by atoms with Crippen LogP contribution in [0.2, 0.25) is 5.02 Å². The first-order valence-corrected chi connectivity index (χ1v) is 4.15. The number of halogens is 1. The highest BCUT2D eigenvalue weighted by molar-refractivity contribution is 6.30. The van der Waals surface area contributed by atoms with Crippen molar-refractivity contribution in [2.75, 3.05) is 19.5 Å². The van der Waals surface area contributed by atoms with Crippen LogP contribution < -0.4 is 5.43 Å². The van der Waals surface area contributed by atoms with E-state index in [0.717, 1.165) is 5.69 Å². The number of hydrogen-bond donors (Lipinski definition) is 1. The van der Waals surface area contributed by atoms with Crippen molar-refractivity contribution in [1.29, 1.82) is 5.26 Å². The molecule has 0 fully saturated rings. The molecule has 68 valence electrons. The summed E-state index contributed by atoms with van der Waals surface area (Å²) >= 11 is 5.74. The molecule has 0 aliphatic heterocycles. The molecule has 0 saturated heterocycles. The zero-order valence-corrected chi connectivity index (χ0v) is 8.26. The van der Waals surface area contributed by atoms with Crippen LogP contribution in [-0.4, -0.2) is 19.1 Å². The number of hydrogen-bond acceptors (Lipinski definition) is 3. The lowest BCUT2D eigenvalue weighted by Crippen LogP contribution is -2.20. The topological polar surface area (TPSA) is 39.1 Å². The molecule has 0 saturated carbocycles. The van der Waals surface area contributed by atoms with Gasteiger partial charge >= 0.3 is 0 Å². The Morgan fingerprint density at radius 3 is 2.69 bits per heavy atom. The first-order chi connectivity index (χ1) is 6.13. The van der Waals surface area contributed by atoms with Crippen molar-refractivity contribution in [3.05, 3.63) is 28.8 Å². The van der Waals surface area contributed by atoms with Gasteiger partial charge in [-0.2, -0.15) is 5.26 Å². The molecule has 3 nitrogen and oxygen atoms in total. The summed E-state index contributed by atoms with van der Waals surface area (Å²) in [4.78, 5) is 0. The smallest absolute Gasteiger partial charge is 0.101 e. The third-order valence-corrected chi connectivity index (χ3v) is 1.68. The van der Waals surface area contributed by atoms with Crippen LogP contribution in [0.1, 0.15) is 5.56 Å².